The summed E-state index contributed by atoms with van der Waals surface area (Å²) in [6.07, 6.45) is 0. The zero-order valence-electron chi connectivity index (χ0n) is 11.1. The summed E-state index contributed by atoms with van der Waals surface area (Å²) in [4.78, 5) is 11.8. The minimum Gasteiger partial charge on any atom is -0.481 e. The predicted octanol–water partition coefficient (Wildman–Crippen LogP) is 4.68. The summed E-state index contributed by atoms with van der Waals surface area (Å²) in [5.74, 6) is -0.825. The highest BCUT2D eigenvalue weighted by Gasteiger charge is 2.09. The third kappa shape index (κ3) is 4.54. The average molecular weight is 417 g/mol. The Labute approximate surface area is 138 Å². The largest absolute Gasteiger partial charge is 0.481 e. The van der Waals surface area contributed by atoms with E-state index in [1.165, 1.54) is 12.1 Å². The molecule has 0 fully saturated rings. The van der Waals surface area contributed by atoms with Gasteiger partial charge in [0.25, 0.3) is 5.91 Å². The number of rotatable bonds is 4. The van der Waals surface area contributed by atoms with Gasteiger partial charge in [-0.3, -0.25) is 4.79 Å². The van der Waals surface area contributed by atoms with E-state index in [1.54, 1.807) is 12.1 Å². The second kappa shape index (κ2) is 7.04. The van der Waals surface area contributed by atoms with Gasteiger partial charge in [-0.15, -0.1) is 0 Å². The number of benzene rings is 2. The van der Waals surface area contributed by atoms with Gasteiger partial charge in [0, 0.05) is 14.6 Å². The molecule has 0 bridgehead atoms. The van der Waals surface area contributed by atoms with Crippen LogP contribution in [0.5, 0.6) is 5.75 Å². The van der Waals surface area contributed by atoms with Crippen molar-refractivity contribution in [2.24, 2.45) is 0 Å². The molecule has 2 aromatic carbocycles. The number of halogens is 3. The lowest BCUT2D eigenvalue weighted by atomic mass is 10.2. The standard InChI is InChI=1S/C15H12Br2FNO2/c1-9-2-3-11(17)7-13(9)19-15(20)8-21-14-5-4-10(16)6-12(14)18/h2-7H,8H2,1H3,(H,19,20). The number of amides is 1. The van der Waals surface area contributed by atoms with E-state index in [9.17, 15) is 9.18 Å². The van der Waals surface area contributed by atoms with Crippen LogP contribution in [-0.4, -0.2) is 12.5 Å². The first-order valence-corrected chi connectivity index (χ1v) is 7.68. The Morgan fingerprint density at radius 1 is 1.19 bits per heavy atom. The molecule has 2 aromatic rings. The zero-order chi connectivity index (χ0) is 15.4. The van der Waals surface area contributed by atoms with Crippen molar-refractivity contribution in [1.29, 1.82) is 0 Å². The fourth-order valence-corrected chi connectivity index (χ4v) is 2.34. The Bertz CT molecular complexity index is 677. The van der Waals surface area contributed by atoms with E-state index >= 15 is 0 Å². The van der Waals surface area contributed by atoms with Crippen molar-refractivity contribution < 1.29 is 13.9 Å². The molecule has 0 radical (unpaired) electrons. The lowest BCUT2D eigenvalue weighted by Crippen LogP contribution is -2.21. The van der Waals surface area contributed by atoms with Crippen molar-refractivity contribution in [2.45, 2.75) is 6.92 Å². The Balaban J connectivity index is 1.97. The highest BCUT2D eigenvalue weighted by atomic mass is 79.9. The van der Waals surface area contributed by atoms with Gasteiger partial charge >= 0.3 is 0 Å². The molecular formula is C15H12Br2FNO2. The molecule has 0 atom stereocenters. The highest BCUT2D eigenvalue weighted by molar-refractivity contribution is 9.10. The van der Waals surface area contributed by atoms with Crippen molar-refractivity contribution in [3.8, 4) is 5.75 Å². The van der Waals surface area contributed by atoms with Gasteiger partial charge in [-0.1, -0.05) is 37.9 Å². The van der Waals surface area contributed by atoms with Gasteiger partial charge in [-0.05, 0) is 42.8 Å². The van der Waals surface area contributed by atoms with E-state index in [4.69, 9.17) is 4.74 Å². The first-order valence-electron chi connectivity index (χ1n) is 6.09. The van der Waals surface area contributed by atoms with E-state index in [0.29, 0.717) is 10.2 Å². The van der Waals surface area contributed by atoms with E-state index in [-0.39, 0.29) is 18.3 Å². The Hall–Kier alpha value is -1.40. The number of anilines is 1. The second-order valence-electron chi connectivity index (χ2n) is 4.37. The van der Waals surface area contributed by atoms with Gasteiger partial charge in [0.05, 0.1) is 0 Å². The third-order valence-corrected chi connectivity index (χ3v) is 3.71. The molecule has 0 aromatic heterocycles. The van der Waals surface area contributed by atoms with Crippen molar-refractivity contribution in [1.82, 2.24) is 0 Å². The number of hydrogen-bond acceptors (Lipinski definition) is 2. The molecule has 0 aliphatic carbocycles. The molecule has 1 N–H and O–H groups in total. The molecule has 1 amide bonds. The Morgan fingerprint density at radius 2 is 1.86 bits per heavy atom. The fraction of sp³-hybridized carbons (Fsp3) is 0.133. The summed E-state index contributed by atoms with van der Waals surface area (Å²) in [6, 6.07) is 9.97. The number of aryl methyl sites for hydroxylation is 1. The topological polar surface area (TPSA) is 38.3 Å². The van der Waals surface area contributed by atoms with E-state index in [1.807, 2.05) is 19.1 Å². The van der Waals surface area contributed by atoms with Crippen molar-refractivity contribution in [2.75, 3.05) is 11.9 Å². The molecule has 6 heteroatoms. The van der Waals surface area contributed by atoms with Gasteiger partial charge in [-0.25, -0.2) is 4.39 Å². The van der Waals surface area contributed by atoms with Crippen molar-refractivity contribution >= 4 is 43.5 Å². The summed E-state index contributed by atoms with van der Waals surface area (Å²) in [5.41, 5.74) is 1.62. The van der Waals surface area contributed by atoms with Crippen LogP contribution in [0.4, 0.5) is 10.1 Å². The van der Waals surface area contributed by atoms with Crippen LogP contribution in [0.25, 0.3) is 0 Å². The summed E-state index contributed by atoms with van der Waals surface area (Å²) >= 11 is 6.50. The third-order valence-electron chi connectivity index (χ3n) is 2.73. The molecule has 0 unspecified atom stereocenters. The van der Waals surface area contributed by atoms with Crippen molar-refractivity contribution in [3.63, 3.8) is 0 Å². The van der Waals surface area contributed by atoms with Crippen LogP contribution in [0.15, 0.2) is 45.3 Å². The quantitative estimate of drug-likeness (QED) is 0.785. The number of carbonyl (C=O) groups is 1. The van der Waals surface area contributed by atoms with E-state index in [2.05, 4.69) is 37.2 Å². The molecule has 0 heterocycles. The number of hydrogen-bond donors (Lipinski definition) is 1. The molecule has 0 saturated carbocycles. The van der Waals surface area contributed by atoms with Crippen LogP contribution in [0.1, 0.15) is 5.56 Å². The number of ether oxygens (including phenoxy) is 1. The van der Waals surface area contributed by atoms with Crippen molar-refractivity contribution in [3.05, 3.63) is 56.7 Å². The lowest BCUT2D eigenvalue weighted by Gasteiger charge is -2.10. The average Bonchev–Trinajstić information content (AvgIpc) is 2.42. The van der Waals surface area contributed by atoms with Gasteiger partial charge in [-0.2, -0.15) is 0 Å². The lowest BCUT2D eigenvalue weighted by molar-refractivity contribution is -0.118. The molecular weight excluding hydrogens is 405 g/mol. The summed E-state index contributed by atoms with van der Waals surface area (Å²) in [6.45, 7) is 1.63. The first-order chi connectivity index (χ1) is 9.95. The second-order valence-corrected chi connectivity index (χ2v) is 6.20. The summed E-state index contributed by atoms with van der Waals surface area (Å²) < 4.78 is 20.2. The molecule has 0 saturated heterocycles. The molecule has 0 aliphatic heterocycles. The minimum atomic E-state index is -0.518. The SMILES string of the molecule is Cc1ccc(Br)cc1NC(=O)COc1ccc(Br)cc1F. The Kier molecular flexibility index (Phi) is 5.36. The van der Waals surface area contributed by atoms with Gasteiger partial charge in [0.1, 0.15) is 0 Å². The van der Waals surface area contributed by atoms with E-state index < -0.39 is 5.82 Å². The molecule has 110 valence electrons. The van der Waals surface area contributed by atoms with Crippen LogP contribution in [-0.2, 0) is 4.79 Å². The monoisotopic (exact) mass is 415 g/mol. The maximum Gasteiger partial charge on any atom is 0.262 e. The van der Waals surface area contributed by atoms with Crippen LogP contribution in [0, 0.1) is 12.7 Å². The van der Waals surface area contributed by atoms with Crippen LogP contribution >= 0.6 is 31.9 Å². The summed E-state index contributed by atoms with van der Waals surface area (Å²) in [7, 11) is 0. The molecule has 21 heavy (non-hydrogen) atoms. The normalized spacial score (nSPS) is 10.3. The predicted molar refractivity (Wildman–Crippen MR) is 87.1 cm³/mol. The molecule has 3 nitrogen and oxygen atoms in total. The van der Waals surface area contributed by atoms with Gasteiger partial charge in [0.2, 0.25) is 0 Å². The molecule has 0 spiro atoms. The molecule has 2 rings (SSSR count). The Morgan fingerprint density at radius 3 is 2.57 bits per heavy atom. The maximum atomic E-state index is 13.6. The number of carbonyl (C=O) groups excluding carboxylic acids is 1. The maximum absolute atomic E-state index is 13.6. The van der Waals surface area contributed by atoms with E-state index in [0.717, 1.165) is 10.0 Å². The highest BCUT2D eigenvalue weighted by Crippen LogP contribution is 2.22. The minimum absolute atomic E-state index is 0.0410. The smallest absolute Gasteiger partial charge is 0.262 e. The zero-order valence-corrected chi connectivity index (χ0v) is 14.3. The van der Waals surface area contributed by atoms with Gasteiger partial charge in [0.15, 0.2) is 18.2 Å². The van der Waals surface area contributed by atoms with Crippen LogP contribution in [0.2, 0.25) is 0 Å². The van der Waals surface area contributed by atoms with Crippen LogP contribution < -0.4 is 10.1 Å². The van der Waals surface area contributed by atoms with Gasteiger partial charge < -0.3 is 10.1 Å². The number of nitrogens with one attached hydrogen (secondary N) is 1. The van der Waals surface area contributed by atoms with Crippen LogP contribution in [0.3, 0.4) is 0 Å². The summed E-state index contributed by atoms with van der Waals surface area (Å²) in [5, 5.41) is 2.73. The fourth-order valence-electron chi connectivity index (χ4n) is 1.65. The first kappa shape index (κ1) is 16.0. The molecule has 0 aliphatic rings.